The van der Waals surface area contributed by atoms with Gasteiger partial charge in [-0.2, -0.15) is 0 Å². The zero-order valence-electron chi connectivity index (χ0n) is 16.5. The molecule has 0 aliphatic rings. The first kappa shape index (κ1) is 21.3. The second-order valence-corrected chi connectivity index (χ2v) is 7.70. The Kier molecular flexibility index (Phi) is 6.99. The van der Waals surface area contributed by atoms with Crippen molar-refractivity contribution < 1.29 is 14.3 Å². The van der Waals surface area contributed by atoms with Crippen LogP contribution in [0.2, 0.25) is 0 Å². The Balaban J connectivity index is 1.70. The van der Waals surface area contributed by atoms with Gasteiger partial charge in [-0.3, -0.25) is 20.0 Å². The van der Waals surface area contributed by atoms with E-state index in [0.29, 0.717) is 23.9 Å². The van der Waals surface area contributed by atoms with Crippen LogP contribution in [0, 0.1) is 0 Å². The van der Waals surface area contributed by atoms with Gasteiger partial charge in [0.15, 0.2) is 0 Å². The van der Waals surface area contributed by atoms with Gasteiger partial charge in [0.05, 0.1) is 5.56 Å². The molecule has 0 unspecified atom stereocenters. The fraction of sp³-hybridized carbons (Fsp3) is 0.190. The van der Waals surface area contributed by atoms with Crippen molar-refractivity contribution in [1.29, 1.82) is 0 Å². The van der Waals surface area contributed by atoms with Crippen LogP contribution in [-0.4, -0.2) is 42.0 Å². The van der Waals surface area contributed by atoms with Gasteiger partial charge >= 0.3 is 6.03 Å². The van der Waals surface area contributed by atoms with Crippen LogP contribution in [0.5, 0.6) is 5.75 Å². The summed E-state index contributed by atoms with van der Waals surface area (Å²) < 4.78 is 6.01. The number of amides is 3. The predicted molar refractivity (Wildman–Crippen MR) is 118 cm³/mol. The third kappa shape index (κ3) is 5.56. The van der Waals surface area contributed by atoms with Crippen molar-refractivity contribution in [3.05, 3.63) is 66.0 Å². The van der Waals surface area contributed by atoms with Gasteiger partial charge in [0.2, 0.25) is 0 Å². The number of nitrogens with two attached hydrogens (primary N) is 2. The van der Waals surface area contributed by atoms with Gasteiger partial charge in [-0.25, -0.2) is 4.79 Å². The SMILES string of the molecule is CN(CCOc1ccccc1-c1cc(C(N)=O)c(NC(N)=O)s1)Cc1cccnc1. The van der Waals surface area contributed by atoms with Gasteiger partial charge in [-0.05, 0) is 36.9 Å². The molecule has 0 spiro atoms. The maximum atomic E-state index is 11.7. The van der Waals surface area contributed by atoms with Crippen molar-refractivity contribution in [2.45, 2.75) is 6.54 Å². The lowest BCUT2D eigenvalue weighted by atomic mass is 10.1. The number of urea groups is 1. The highest BCUT2D eigenvalue weighted by Gasteiger charge is 2.18. The van der Waals surface area contributed by atoms with Gasteiger partial charge in [-0.1, -0.05) is 18.2 Å². The highest BCUT2D eigenvalue weighted by Crippen LogP contribution is 2.39. The molecule has 2 aromatic heterocycles. The first-order valence-corrected chi connectivity index (χ1v) is 10.1. The number of aromatic nitrogens is 1. The number of carbonyl (C=O) groups excluding carboxylic acids is 2. The second kappa shape index (κ2) is 9.86. The Bertz CT molecular complexity index is 1020. The van der Waals surface area contributed by atoms with E-state index in [0.717, 1.165) is 22.5 Å². The van der Waals surface area contributed by atoms with Crippen molar-refractivity contribution in [2.75, 3.05) is 25.5 Å². The lowest BCUT2D eigenvalue weighted by molar-refractivity contribution is 0.100. The average molecular weight is 426 g/mol. The van der Waals surface area contributed by atoms with Crippen LogP contribution in [0.15, 0.2) is 54.9 Å². The number of hydrogen-bond donors (Lipinski definition) is 3. The Hall–Kier alpha value is -3.43. The molecule has 0 aliphatic carbocycles. The molecule has 1 aromatic carbocycles. The van der Waals surface area contributed by atoms with E-state index < -0.39 is 11.9 Å². The monoisotopic (exact) mass is 425 g/mol. The van der Waals surface area contributed by atoms with E-state index in [2.05, 4.69) is 15.2 Å². The Morgan fingerprint density at radius 2 is 2.00 bits per heavy atom. The second-order valence-electron chi connectivity index (χ2n) is 6.65. The number of nitrogens with zero attached hydrogens (tertiary/aromatic N) is 2. The highest BCUT2D eigenvalue weighted by molar-refractivity contribution is 7.20. The summed E-state index contributed by atoms with van der Waals surface area (Å²) in [7, 11) is 2.02. The zero-order chi connectivity index (χ0) is 21.5. The van der Waals surface area contributed by atoms with E-state index in [1.165, 1.54) is 11.3 Å². The van der Waals surface area contributed by atoms with Crippen molar-refractivity contribution in [3.8, 4) is 16.2 Å². The molecular weight excluding hydrogens is 402 g/mol. The van der Waals surface area contributed by atoms with Gasteiger partial charge in [0.25, 0.3) is 5.91 Å². The molecule has 2 heterocycles. The predicted octanol–water partition coefficient (Wildman–Crippen LogP) is 2.91. The van der Waals surface area contributed by atoms with Crippen molar-refractivity contribution >= 4 is 28.3 Å². The average Bonchev–Trinajstić information content (AvgIpc) is 3.12. The third-order valence-electron chi connectivity index (χ3n) is 4.29. The normalized spacial score (nSPS) is 10.7. The molecule has 30 heavy (non-hydrogen) atoms. The van der Waals surface area contributed by atoms with Crippen LogP contribution < -0.4 is 21.5 Å². The fourth-order valence-electron chi connectivity index (χ4n) is 2.90. The number of hydrogen-bond acceptors (Lipinski definition) is 6. The highest BCUT2D eigenvalue weighted by atomic mass is 32.1. The molecule has 0 radical (unpaired) electrons. The summed E-state index contributed by atoms with van der Waals surface area (Å²) in [6.07, 6.45) is 3.60. The number of nitrogens with one attached hydrogen (secondary N) is 1. The van der Waals surface area contributed by atoms with Crippen LogP contribution in [0.4, 0.5) is 9.80 Å². The topological polar surface area (TPSA) is 124 Å². The standard InChI is InChI=1S/C21H23N5O3S/c1-26(13-14-5-4-8-24-12-14)9-10-29-17-7-3-2-6-15(17)18-11-16(19(22)27)20(30-18)25-21(23)28/h2-8,11-12H,9-10,13H2,1H3,(H2,22,27)(H3,23,25,28). The van der Waals surface area contributed by atoms with E-state index in [9.17, 15) is 9.59 Å². The van der Waals surface area contributed by atoms with Crippen molar-refractivity contribution in [2.24, 2.45) is 11.5 Å². The minimum Gasteiger partial charge on any atom is -0.492 e. The molecule has 0 bridgehead atoms. The van der Waals surface area contributed by atoms with Gasteiger partial charge in [-0.15, -0.1) is 11.3 Å². The smallest absolute Gasteiger partial charge is 0.317 e. The van der Waals surface area contributed by atoms with Crippen LogP contribution in [0.3, 0.4) is 0 Å². The summed E-state index contributed by atoms with van der Waals surface area (Å²) in [6, 6.07) is 12.3. The van der Waals surface area contributed by atoms with Crippen LogP contribution >= 0.6 is 11.3 Å². The molecule has 156 valence electrons. The fourth-order valence-corrected chi connectivity index (χ4v) is 4.00. The van der Waals surface area contributed by atoms with E-state index in [4.69, 9.17) is 16.2 Å². The third-order valence-corrected chi connectivity index (χ3v) is 5.38. The number of likely N-dealkylation sites (N-methyl/N-ethyl adjacent to an activating group) is 1. The Morgan fingerprint density at radius 3 is 2.70 bits per heavy atom. The molecule has 3 rings (SSSR count). The molecule has 0 fully saturated rings. The number of thiophene rings is 1. The number of benzene rings is 1. The van der Waals surface area contributed by atoms with Crippen molar-refractivity contribution in [1.82, 2.24) is 9.88 Å². The summed E-state index contributed by atoms with van der Waals surface area (Å²) in [5.74, 6) is 0.0341. The van der Waals surface area contributed by atoms with E-state index in [-0.39, 0.29) is 5.56 Å². The minimum atomic E-state index is -0.757. The molecular formula is C21H23N5O3S. The Morgan fingerprint density at radius 1 is 1.20 bits per heavy atom. The summed E-state index contributed by atoms with van der Waals surface area (Å²) in [6.45, 7) is 1.97. The number of anilines is 1. The lowest BCUT2D eigenvalue weighted by Gasteiger charge is -2.17. The number of pyridine rings is 1. The number of carbonyl (C=O) groups is 2. The molecule has 0 saturated carbocycles. The molecule has 3 aromatic rings. The van der Waals surface area contributed by atoms with Gasteiger partial charge in [0.1, 0.15) is 17.4 Å². The summed E-state index contributed by atoms with van der Waals surface area (Å²) in [5.41, 5.74) is 12.8. The zero-order valence-corrected chi connectivity index (χ0v) is 17.3. The van der Waals surface area contributed by atoms with E-state index in [1.54, 1.807) is 12.3 Å². The molecule has 0 aliphatic heterocycles. The Labute approximate surface area is 178 Å². The molecule has 5 N–H and O–H groups in total. The molecule has 0 saturated heterocycles. The number of rotatable bonds is 9. The van der Waals surface area contributed by atoms with Crippen LogP contribution in [0.1, 0.15) is 15.9 Å². The van der Waals surface area contributed by atoms with E-state index >= 15 is 0 Å². The first-order valence-electron chi connectivity index (χ1n) is 9.23. The number of ether oxygens (including phenoxy) is 1. The maximum absolute atomic E-state index is 11.7. The maximum Gasteiger partial charge on any atom is 0.317 e. The largest absolute Gasteiger partial charge is 0.492 e. The minimum absolute atomic E-state index is 0.208. The van der Waals surface area contributed by atoms with Gasteiger partial charge < -0.3 is 16.2 Å². The number of para-hydroxylation sites is 1. The number of primary amides is 2. The first-order chi connectivity index (χ1) is 14.4. The lowest BCUT2D eigenvalue weighted by Crippen LogP contribution is -2.24. The van der Waals surface area contributed by atoms with Crippen LogP contribution in [-0.2, 0) is 6.54 Å². The summed E-state index contributed by atoms with van der Waals surface area (Å²) in [5, 5.41) is 2.77. The molecule has 9 heteroatoms. The van der Waals surface area contributed by atoms with E-state index in [1.807, 2.05) is 49.6 Å². The molecule has 8 nitrogen and oxygen atoms in total. The molecule has 0 atom stereocenters. The summed E-state index contributed by atoms with van der Waals surface area (Å²) in [4.78, 5) is 30.0. The van der Waals surface area contributed by atoms with Crippen molar-refractivity contribution in [3.63, 3.8) is 0 Å². The molecule has 3 amide bonds. The van der Waals surface area contributed by atoms with Gasteiger partial charge in [0, 0.05) is 35.9 Å². The van der Waals surface area contributed by atoms with Crippen LogP contribution in [0.25, 0.3) is 10.4 Å². The summed E-state index contributed by atoms with van der Waals surface area (Å²) >= 11 is 1.21. The quantitative estimate of drug-likeness (QED) is 0.486.